The zero-order chi connectivity index (χ0) is 10.3. The van der Waals surface area contributed by atoms with E-state index >= 15 is 0 Å². The van der Waals surface area contributed by atoms with Gasteiger partial charge in [-0.2, -0.15) is 0 Å². The van der Waals surface area contributed by atoms with Gasteiger partial charge in [0.1, 0.15) is 0 Å². The summed E-state index contributed by atoms with van der Waals surface area (Å²) < 4.78 is 2.38. The van der Waals surface area contributed by atoms with E-state index in [0.717, 1.165) is 19.0 Å². The van der Waals surface area contributed by atoms with E-state index in [1.807, 2.05) is 6.33 Å². The molecule has 3 nitrogen and oxygen atoms in total. The van der Waals surface area contributed by atoms with E-state index in [2.05, 4.69) is 28.0 Å². The molecule has 0 amide bonds. The van der Waals surface area contributed by atoms with E-state index in [9.17, 15) is 0 Å². The van der Waals surface area contributed by atoms with E-state index in [1.54, 1.807) is 0 Å². The molecule has 0 radical (unpaired) electrons. The van der Waals surface area contributed by atoms with Crippen LogP contribution in [0.5, 0.6) is 0 Å². The summed E-state index contributed by atoms with van der Waals surface area (Å²) in [5, 5.41) is 3.46. The van der Waals surface area contributed by atoms with E-state index in [4.69, 9.17) is 0 Å². The SMILES string of the molecule is CC1(c2cncn2CC2CC2)CCNC1. The minimum Gasteiger partial charge on any atom is -0.334 e. The molecule has 1 aromatic rings. The van der Waals surface area contributed by atoms with E-state index in [1.165, 1.54) is 31.5 Å². The third kappa shape index (κ3) is 1.69. The van der Waals surface area contributed by atoms with Gasteiger partial charge in [-0.05, 0) is 31.7 Å². The Labute approximate surface area is 90.9 Å². The van der Waals surface area contributed by atoms with Crippen LogP contribution in [0.3, 0.4) is 0 Å². The van der Waals surface area contributed by atoms with Crippen LogP contribution in [0.15, 0.2) is 12.5 Å². The third-order valence-electron chi connectivity index (χ3n) is 3.85. The zero-order valence-electron chi connectivity index (χ0n) is 9.37. The average molecular weight is 205 g/mol. The van der Waals surface area contributed by atoms with Gasteiger partial charge in [0.25, 0.3) is 0 Å². The Morgan fingerprint density at radius 3 is 3.13 bits per heavy atom. The van der Waals surface area contributed by atoms with Gasteiger partial charge in [0.2, 0.25) is 0 Å². The summed E-state index contributed by atoms with van der Waals surface area (Å²) in [6, 6.07) is 0. The predicted octanol–water partition coefficient (Wildman–Crippen LogP) is 1.54. The number of aromatic nitrogens is 2. The Hall–Kier alpha value is -0.830. The summed E-state index contributed by atoms with van der Waals surface area (Å²) in [7, 11) is 0. The van der Waals surface area contributed by atoms with Crippen LogP contribution in [0.1, 0.15) is 31.9 Å². The molecule has 3 heteroatoms. The fourth-order valence-electron chi connectivity index (χ4n) is 2.58. The summed E-state index contributed by atoms with van der Waals surface area (Å²) in [6.45, 7) is 5.78. The quantitative estimate of drug-likeness (QED) is 0.811. The summed E-state index contributed by atoms with van der Waals surface area (Å²) in [6.07, 6.45) is 8.13. The number of rotatable bonds is 3. The minimum atomic E-state index is 0.311. The van der Waals surface area contributed by atoms with E-state index < -0.39 is 0 Å². The van der Waals surface area contributed by atoms with Gasteiger partial charge in [-0.1, -0.05) is 6.92 Å². The van der Waals surface area contributed by atoms with Crippen molar-refractivity contribution in [3.05, 3.63) is 18.2 Å². The number of hydrogen-bond donors (Lipinski definition) is 1. The van der Waals surface area contributed by atoms with Crippen molar-refractivity contribution in [2.24, 2.45) is 5.92 Å². The number of nitrogens with one attached hydrogen (secondary N) is 1. The van der Waals surface area contributed by atoms with Crippen molar-refractivity contribution >= 4 is 0 Å². The lowest BCUT2D eigenvalue weighted by Crippen LogP contribution is -2.28. The lowest BCUT2D eigenvalue weighted by atomic mass is 9.86. The molecule has 3 rings (SSSR count). The molecule has 2 fully saturated rings. The van der Waals surface area contributed by atoms with Crippen molar-refractivity contribution in [1.82, 2.24) is 14.9 Å². The fourth-order valence-corrected chi connectivity index (χ4v) is 2.58. The maximum absolute atomic E-state index is 4.33. The molecule has 1 unspecified atom stereocenters. The fraction of sp³-hybridized carbons (Fsp3) is 0.750. The maximum atomic E-state index is 4.33. The summed E-state index contributed by atoms with van der Waals surface area (Å²) in [5.74, 6) is 0.927. The van der Waals surface area contributed by atoms with Gasteiger partial charge < -0.3 is 9.88 Å². The normalized spacial score (nSPS) is 31.0. The molecule has 82 valence electrons. The number of imidazole rings is 1. The molecule has 0 spiro atoms. The molecular formula is C12H19N3. The van der Waals surface area contributed by atoms with Crippen molar-refractivity contribution in [3.63, 3.8) is 0 Å². The smallest absolute Gasteiger partial charge is 0.0948 e. The molecule has 1 N–H and O–H groups in total. The van der Waals surface area contributed by atoms with Crippen molar-refractivity contribution < 1.29 is 0 Å². The van der Waals surface area contributed by atoms with Gasteiger partial charge >= 0.3 is 0 Å². The molecule has 1 saturated carbocycles. The molecule has 1 atom stereocenters. The van der Waals surface area contributed by atoms with Crippen LogP contribution in [0.25, 0.3) is 0 Å². The van der Waals surface area contributed by atoms with Crippen molar-refractivity contribution in [1.29, 1.82) is 0 Å². The first-order valence-corrected chi connectivity index (χ1v) is 5.99. The van der Waals surface area contributed by atoms with Crippen LogP contribution in [0, 0.1) is 5.92 Å². The van der Waals surface area contributed by atoms with Crippen LogP contribution in [0.4, 0.5) is 0 Å². The third-order valence-corrected chi connectivity index (χ3v) is 3.85. The Bertz CT molecular complexity index is 346. The first kappa shape index (κ1) is 9.40. The summed E-state index contributed by atoms with van der Waals surface area (Å²) in [4.78, 5) is 4.33. The molecule has 0 bridgehead atoms. The highest BCUT2D eigenvalue weighted by atomic mass is 15.1. The second-order valence-corrected chi connectivity index (χ2v) is 5.36. The van der Waals surface area contributed by atoms with Crippen LogP contribution in [0.2, 0.25) is 0 Å². The van der Waals surface area contributed by atoms with E-state index in [-0.39, 0.29) is 0 Å². The minimum absolute atomic E-state index is 0.311. The van der Waals surface area contributed by atoms with Gasteiger partial charge in [-0.15, -0.1) is 0 Å². The van der Waals surface area contributed by atoms with Crippen LogP contribution >= 0.6 is 0 Å². The Balaban J connectivity index is 1.85. The van der Waals surface area contributed by atoms with Gasteiger partial charge in [-0.3, -0.25) is 0 Å². The van der Waals surface area contributed by atoms with E-state index in [0.29, 0.717) is 5.41 Å². The lowest BCUT2D eigenvalue weighted by molar-refractivity contribution is 0.462. The first-order chi connectivity index (χ1) is 7.28. The molecule has 1 saturated heterocycles. The number of hydrogen-bond acceptors (Lipinski definition) is 2. The lowest BCUT2D eigenvalue weighted by Gasteiger charge is -2.24. The van der Waals surface area contributed by atoms with Gasteiger partial charge in [0.15, 0.2) is 0 Å². The summed E-state index contributed by atoms with van der Waals surface area (Å²) in [5.41, 5.74) is 1.74. The Morgan fingerprint density at radius 2 is 2.47 bits per heavy atom. The van der Waals surface area contributed by atoms with Gasteiger partial charge in [0.05, 0.1) is 6.33 Å². The highest BCUT2D eigenvalue weighted by molar-refractivity contribution is 5.17. The molecule has 1 aliphatic carbocycles. The standard InChI is InChI=1S/C12H19N3/c1-12(4-5-13-8-12)11-6-14-9-15(11)7-10-2-3-10/h6,9-10,13H,2-5,7-8H2,1H3. The number of nitrogens with zero attached hydrogens (tertiary/aromatic N) is 2. The molecule has 1 aromatic heterocycles. The van der Waals surface area contributed by atoms with Crippen LogP contribution in [-0.2, 0) is 12.0 Å². The molecule has 15 heavy (non-hydrogen) atoms. The molecule has 2 heterocycles. The maximum Gasteiger partial charge on any atom is 0.0948 e. The van der Waals surface area contributed by atoms with Gasteiger partial charge in [0, 0.05) is 30.4 Å². The Kier molecular flexibility index (Phi) is 2.09. The predicted molar refractivity (Wildman–Crippen MR) is 59.8 cm³/mol. The van der Waals surface area contributed by atoms with Crippen molar-refractivity contribution in [2.75, 3.05) is 13.1 Å². The molecule has 2 aliphatic rings. The summed E-state index contributed by atoms with van der Waals surface area (Å²) >= 11 is 0. The molecular weight excluding hydrogens is 186 g/mol. The van der Waals surface area contributed by atoms with Crippen molar-refractivity contribution in [3.8, 4) is 0 Å². The second kappa shape index (κ2) is 3.34. The molecule has 0 aromatic carbocycles. The second-order valence-electron chi connectivity index (χ2n) is 5.36. The largest absolute Gasteiger partial charge is 0.334 e. The first-order valence-electron chi connectivity index (χ1n) is 5.99. The van der Waals surface area contributed by atoms with Crippen LogP contribution < -0.4 is 5.32 Å². The highest BCUT2D eigenvalue weighted by Gasteiger charge is 2.34. The molecule has 1 aliphatic heterocycles. The Morgan fingerprint density at radius 1 is 1.60 bits per heavy atom. The zero-order valence-corrected chi connectivity index (χ0v) is 9.37. The topological polar surface area (TPSA) is 29.9 Å². The van der Waals surface area contributed by atoms with Crippen LogP contribution in [-0.4, -0.2) is 22.6 Å². The van der Waals surface area contributed by atoms with Crippen molar-refractivity contribution in [2.45, 2.75) is 38.1 Å². The van der Waals surface area contributed by atoms with Gasteiger partial charge in [-0.25, -0.2) is 4.98 Å². The highest BCUT2D eigenvalue weighted by Crippen LogP contribution is 2.34. The average Bonchev–Trinajstić information content (AvgIpc) is 2.74. The monoisotopic (exact) mass is 205 g/mol.